The second kappa shape index (κ2) is 8.19. The molecule has 2 amide bonds. The summed E-state index contributed by atoms with van der Waals surface area (Å²) in [6.07, 6.45) is -0.717. The standard InChI is InChI=1S/C19H22N2O4/c1-13(25-18-11-6-5-10-17(18)24-4)19(23)20-15-8-7-9-16(12-15)21(3)14(2)22/h5-13H,1-4H3,(H,20,23). The van der Waals surface area contributed by atoms with Crippen molar-refractivity contribution < 1.29 is 19.1 Å². The van der Waals surface area contributed by atoms with Gasteiger partial charge in [-0.3, -0.25) is 9.59 Å². The molecule has 1 atom stereocenters. The maximum Gasteiger partial charge on any atom is 0.265 e. The fourth-order valence-electron chi connectivity index (χ4n) is 2.18. The van der Waals surface area contributed by atoms with E-state index in [1.807, 2.05) is 12.1 Å². The number of para-hydroxylation sites is 2. The van der Waals surface area contributed by atoms with Crippen molar-refractivity contribution in [2.75, 3.05) is 24.4 Å². The van der Waals surface area contributed by atoms with E-state index in [1.165, 1.54) is 11.8 Å². The van der Waals surface area contributed by atoms with E-state index < -0.39 is 6.10 Å². The molecule has 132 valence electrons. The van der Waals surface area contributed by atoms with E-state index in [1.54, 1.807) is 57.5 Å². The molecule has 6 nitrogen and oxygen atoms in total. The van der Waals surface area contributed by atoms with E-state index in [2.05, 4.69) is 5.32 Å². The van der Waals surface area contributed by atoms with E-state index in [0.717, 1.165) is 0 Å². The van der Waals surface area contributed by atoms with Crippen LogP contribution >= 0.6 is 0 Å². The van der Waals surface area contributed by atoms with Gasteiger partial charge in [-0.25, -0.2) is 0 Å². The molecular formula is C19H22N2O4. The molecule has 2 aromatic carbocycles. The van der Waals surface area contributed by atoms with Crippen molar-refractivity contribution in [2.24, 2.45) is 0 Å². The SMILES string of the molecule is COc1ccccc1OC(C)C(=O)Nc1cccc(N(C)C(C)=O)c1. The summed E-state index contributed by atoms with van der Waals surface area (Å²) in [4.78, 5) is 25.3. The number of anilines is 2. The van der Waals surface area contributed by atoms with Crippen LogP contribution in [-0.4, -0.2) is 32.1 Å². The predicted octanol–water partition coefficient (Wildman–Crippen LogP) is 3.08. The summed E-state index contributed by atoms with van der Waals surface area (Å²) in [6, 6.07) is 14.2. The lowest BCUT2D eigenvalue weighted by atomic mass is 10.2. The summed E-state index contributed by atoms with van der Waals surface area (Å²) in [5.74, 6) is 0.676. The van der Waals surface area contributed by atoms with Crippen molar-refractivity contribution in [1.29, 1.82) is 0 Å². The van der Waals surface area contributed by atoms with E-state index >= 15 is 0 Å². The Morgan fingerprint density at radius 2 is 1.76 bits per heavy atom. The van der Waals surface area contributed by atoms with Gasteiger partial charge in [0.15, 0.2) is 17.6 Å². The first-order valence-electron chi connectivity index (χ1n) is 7.87. The minimum Gasteiger partial charge on any atom is -0.493 e. The average Bonchev–Trinajstić information content (AvgIpc) is 2.61. The zero-order valence-corrected chi connectivity index (χ0v) is 14.8. The van der Waals surface area contributed by atoms with Gasteiger partial charge in [-0.15, -0.1) is 0 Å². The molecule has 0 saturated carbocycles. The third-order valence-electron chi connectivity index (χ3n) is 3.72. The van der Waals surface area contributed by atoms with Crippen LogP contribution in [0.15, 0.2) is 48.5 Å². The molecule has 0 heterocycles. The summed E-state index contributed by atoms with van der Waals surface area (Å²) in [5, 5.41) is 2.79. The zero-order valence-electron chi connectivity index (χ0n) is 14.8. The fraction of sp³-hybridized carbons (Fsp3) is 0.263. The summed E-state index contributed by atoms with van der Waals surface area (Å²) < 4.78 is 10.9. The van der Waals surface area contributed by atoms with Crippen LogP contribution in [0.2, 0.25) is 0 Å². The molecule has 0 spiro atoms. The van der Waals surface area contributed by atoms with Crippen LogP contribution < -0.4 is 19.7 Å². The molecule has 0 radical (unpaired) electrons. The highest BCUT2D eigenvalue weighted by Gasteiger charge is 2.17. The highest BCUT2D eigenvalue weighted by molar-refractivity contribution is 5.96. The van der Waals surface area contributed by atoms with Crippen LogP contribution in [0.1, 0.15) is 13.8 Å². The van der Waals surface area contributed by atoms with Gasteiger partial charge in [-0.1, -0.05) is 18.2 Å². The lowest BCUT2D eigenvalue weighted by molar-refractivity contribution is -0.122. The van der Waals surface area contributed by atoms with Crippen molar-refractivity contribution in [2.45, 2.75) is 20.0 Å². The van der Waals surface area contributed by atoms with Gasteiger partial charge in [0.05, 0.1) is 7.11 Å². The number of carbonyl (C=O) groups excluding carboxylic acids is 2. The first-order valence-corrected chi connectivity index (χ1v) is 7.87. The first kappa shape index (κ1) is 18.3. The Labute approximate surface area is 147 Å². The van der Waals surface area contributed by atoms with Crippen molar-refractivity contribution in [3.63, 3.8) is 0 Å². The number of amides is 2. The molecule has 0 fully saturated rings. The average molecular weight is 342 g/mol. The third-order valence-corrected chi connectivity index (χ3v) is 3.72. The van der Waals surface area contributed by atoms with Gasteiger partial charge >= 0.3 is 0 Å². The first-order chi connectivity index (χ1) is 11.9. The van der Waals surface area contributed by atoms with Crippen molar-refractivity contribution in [1.82, 2.24) is 0 Å². The van der Waals surface area contributed by atoms with Crippen LogP contribution in [0, 0.1) is 0 Å². The second-order valence-corrected chi connectivity index (χ2v) is 5.53. The van der Waals surface area contributed by atoms with Gasteiger partial charge in [0.1, 0.15) is 0 Å². The molecule has 1 unspecified atom stereocenters. The quantitative estimate of drug-likeness (QED) is 0.876. The molecule has 0 aromatic heterocycles. The maximum absolute atomic E-state index is 12.4. The number of methoxy groups -OCH3 is 1. The fourth-order valence-corrected chi connectivity index (χ4v) is 2.18. The molecule has 6 heteroatoms. The molecule has 0 bridgehead atoms. The van der Waals surface area contributed by atoms with Crippen molar-refractivity contribution in [3.05, 3.63) is 48.5 Å². The highest BCUT2D eigenvalue weighted by Crippen LogP contribution is 2.27. The van der Waals surface area contributed by atoms with Crippen LogP contribution in [0.25, 0.3) is 0 Å². The molecule has 0 aliphatic rings. The number of hydrogen-bond donors (Lipinski definition) is 1. The number of nitrogens with one attached hydrogen (secondary N) is 1. The Kier molecular flexibility index (Phi) is 6.00. The lowest BCUT2D eigenvalue weighted by Crippen LogP contribution is -2.30. The van der Waals surface area contributed by atoms with Crippen molar-refractivity contribution in [3.8, 4) is 11.5 Å². The minimum absolute atomic E-state index is 0.0867. The largest absolute Gasteiger partial charge is 0.493 e. The Bertz CT molecular complexity index is 761. The Morgan fingerprint density at radius 3 is 2.40 bits per heavy atom. The third kappa shape index (κ3) is 4.73. The lowest BCUT2D eigenvalue weighted by Gasteiger charge is -2.18. The smallest absolute Gasteiger partial charge is 0.265 e. The number of carbonyl (C=O) groups is 2. The maximum atomic E-state index is 12.4. The summed E-state index contributed by atoms with van der Waals surface area (Å²) in [5.41, 5.74) is 1.29. The van der Waals surface area contributed by atoms with Crippen LogP contribution in [0.3, 0.4) is 0 Å². The zero-order chi connectivity index (χ0) is 18.4. The van der Waals surface area contributed by atoms with Gasteiger partial charge in [-0.2, -0.15) is 0 Å². The minimum atomic E-state index is -0.717. The molecule has 0 saturated heterocycles. The monoisotopic (exact) mass is 342 g/mol. The van der Waals surface area contributed by atoms with Gasteiger partial charge in [0, 0.05) is 25.3 Å². The summed E-state index contributed by atoms with van der Waals surface area (Å²) >= 11 is 0. The highest BCUT2D eigenvalue weighted by atomic mass is 16.5. The molecule has 0 aliphatic heterocycles. The summed E-state index contributed by atoms with van der Waals surface area (Å²) in [7, 11) is 3.22. The van der Waals surface area contributed by atoms with Crippen LogP contribution in [0.5, 0.6) is 11.5 Å². The van der Waals surface area contributed by atoms with E-state index in [-0.39, 0.29) is 11.8 Å². The van der Waals surface area contributed by atoms with E-state index in [9.17, 15) is 9.59 Å². The second-order valence-electron chi connectivity index (χ2n) is 5.53. The molecule has 0 aliphatic carbocycles. The van der Waals surface area contributed by atoms with Gasteiger partial charge < -0.3 is 19.7 Å². The Balaban J connectivity index is 2.06. The van der Waals surface area contributed by atoms with Crippen LogP contribution in [-0.2, 0) is 9.59 Å². The molecule has 1 N–H and O–H groups in total. The summed E-state index contributed by atoms with van der Waals surface area (Å²) in [6.45, 7) is 3.14. The number of hydrogen-bond acceptors (Lipinski definition) is 4. The van der Waals surface area contributed by atoms with E-state index in [4.69, 9.17) is 9.47 Å². The number of rotatable bonds is 6. The topological polar surface area (TPSA) is 67.9 Å². The van der Waals surface area contributed by atoms with Gasteiger partial charge in [-0.05, 0) is 37.3 Å². The van der Waals surface area contributed by atoms with Crippen molar-refractivity contribution >= 4 is 23.2 Å². The molecule has 2 rings (SSSR count). The number of nitrogens with zero attached hydrogens (tertiary/aromatic N) is 1. The molecule has 25 heavy (non-hydrogen) atoms. The Hall–Kier alpha value is -3.02. The van der Waals surface area contributed by atoms with Crippen LogP contribution in [0.4, 0.5) is 11.4 Å². The molecule has 2 aromatic rings. The number of ether oxygens (including phenoxy) is 2. The normalized spacial score (nSPS) is 11.4. The predicted molar refractivity (Wildman–Crippen MR) is 97.2 cm³/mol. The van der Waals surface area contributed by atoms with E-state index in [0.29, 0.717) is 22.9 Å². The number of benzene rings is 2. The Morgan fingerprint density at radius 1 is 1.08 bits per heavy atom. The van der Waals surface area contributed by atoms with Gasteiger partial charge in [0.25, 0.3) is 5.91 Å². The molecular weight excluding hydrogens is 320 g/mol. The van der Waals surface area contributed by atoms with Gasteiger partial charge in [0.2, 0.25) is 5.91 Å².